The van der Waals surface area contributed by atoms with E-state index in [4.69, 9.17) is 14.2 Å². The molecule has 0 amide bonds. The van der Waals surface area contributed by atoms with Gasteiger partial charge in [0.15, 0.2) is 11.5 Å². The minimum Gasteiger partial charge on any atom is -0.454 e. The lowest BCUT2D eigenvalue weighted by Crippen LogP contribution is -2.10. The Labute approximate surface area is 76.2 Å². The molecular formula is C10H10O3. The molecule has 2 aliphatic rings. The topological polar surface area (TPSA) is 27.7 Å². The predicted octanol–water partition coefficient (Wildman–Crippen LogP) is 1.49. The zero-order valence-corrected chi connectivity index (χ0v) is 7.21. The summed E-state index contributed by atoms with van der Waals surface area (Å²) >= 11 is 0. The second-order valence-electron chi connectivity index (χ2n) is 3.24. The minimum absolute atomic E-state index is 0.339. The van der Waals surface area contributed by atoms with Crippen LogP contribution in [0.4, 0.5) is 0 Å². The maximum atomic E-state index is 5.39. The van der Waals surface area contributed by atoms with Crippen molar-refractivity contribution in [2.75, 3.05) is 13.4 Å². The van der Waals surface area contributed by atoms with E-state index in [1.807, 2.05) is 6.07 Å². The third kappa shape index (κ3) is 1.00. The van der Waals surface area contributed by atoms with Crippen LogP contribution in [-0.2, 0) is 17.8 Å². The molecule has 0 N–H and O–H groups in total. The van der Waals surface area contributed by atoms with Gasteiger partial charge in [-0.05, 0) is 18.1 Å². The normalized spacial score (nSPS) is 18.5. The van der Waals surface area contributed by atoms with E-state index in [0.29, 0.717) is 13.4 Å². The molecular weight excluding hydrogens is 168 g/mol. The molecule has 3 heteroatoms. The number of hydrogen-bond acceptors (Lipinski definition) is 3. The monoisotopic (exact) mass is 178 g/mol. The fourth-order valence-electron chi connectivity index (χ4n) is 1.82. The Morgan fingerprint density at radius 3 is 3.15 bits per heavy atom. The first kappa shape index (κ1) is 7.21. The molecule has 3 nitrogen and oxygen atoms in total. The van der Waals surface area contributed by atoms with Gasteiger partial charge in [0.1, 0.15) is 0 Å². The van der Waals surface area contributed by atoms with Crippen molar-refractivity contribution in [3.05, 3.63) is 23.3 Å². The summed E-state index contributed by atoms with van der Waals surface area (Å²) in [6.45, 7) is 1.81. The van der Waals surface area contributed by atoms with E-state index in [1.165, 1.54) is 11.1 Å². The molecule has 0 fully saturated rings. The summed E-state index contributed by atoms with van der Waals surface area (Å²) in [6.07, 6.45) is 0.978. The van der Waals surface area contributed by atoms with Crippen molar-refractivity contribution in [3.8, 4) is 11.5 Å². The highest BCUT2D eigenvalue weighted by atomic mass is 16.7. The van der Waals surface area contributed by atoms with Crippen molar-refractivity contribution >= 4 is 0 Å². The number of rotatable bonds is 0. The Balaban J connectivity index is 2.17. The Morgan fingerprint density at radius 1 is 1.15 bits per heavy atom. The summed E-state index contributed by atoms with van der Waals surface area (Å²) in [5.74, 6) is 1.74. The van der Waals surface area contributed by atoms with Crippen LogP contribution >= 0.6 is 0 Å². The van der Waals surface area contributed by atoms with E-state index in [-0.39, 0.29) is 0 Å². The lowest BCUT2D eigenvalue weighted by molar-refractivity contribution is 0.107. The fourth-order valence-corrected chi connectivity index (χ4v) is 1.82. The average molecular weight is 178 g/mol. The summed E-state index contributed by atoms with van der Waals surface area (Å²) < 4.78 is 16.1. The van der Waals surface area contributed by atoms with Crippen LogP contribution in [-0.4, -0.2) is 13.4 Å². The van der Waals surface area contributed by atoms with Crippen LogP contribution in [0, 0.1) is 0 Å². The van der Waals surface area contributed by atoms with Crippen LogP contribution in [0.1, 0.15) is 11.1 Å². The second-order valence-corrected chi connectivity index (χ2v) is 3.24. The zero-order valence-electron chi connectivity index (χ0n) is 7.21. The molecule has 68 valence electrons. The van der Waals surface area contributed by atoms with Crippen LogP contribution in [0.15, 0.2) is 12.1 Å². The molecule has 2 heterocycles. The molecule has 13 heavy (non-hydrogen) atoms. The molecule has 0 saturated heterocycles. The predicted molar refractivity (Wildman–Crippen MR) is 45.9 cm³/mol. The molecule has 0 spiro atoms. The molecule has 2 aliphatic heterocycles. The van der Waals surface area contributed by atoms with Gasteiger partial charge in [-0.1, -0.05) is 6.07 Å². The summed E-state index contributed by atoms with van der Waals surface area (Å²) in [7, 11) is 0. The Hall–Kier alpha value is -1.22. The maximum absolute atomic E-state index is 5.39. The molecule has 0 unspecified atom stereocenters. The smallest absolute Gasteiger partial charge is 0.231 e. The SMILES string of the molecule is c1cc2c(c3c1CCOC3)OCO2. The standard InChI is InChI=1S/C10H10O3/c1-2-9-10(13-6-12-9)8-5-11-4-3-7(1)8/h1-2H,3-6H2. The van der Waals surface area contributed by atoms with Gasteiger partial charge in [0.2, 0.25) is 6.79 Å². The molecule has 0 aliphatic carbocycles. The van der Waals surface area contributed by atoms with E-state index < -0.39 is 0 Å². The van der Waals surface area contributed by atoms with E-state index >= 15 is 0 Å². The molecule has 1 aromatic rings. The first-order valence-corrected chi connectivity index (χ1v) is 4.43. The Bertz CT molecular complexity index is 346. The molecule has 0 saturated carbocycles. The van der Waals surface area contributed by atoms with Gasteiger partial charge in [-0.3, -0.25) is 0 Å². The molecule has 0 aromatic heterocycles. The largest absolute Gasteiger partial charge is 0.454 e. The first-order valence-electron chi connectivity index (χ1n) is 4.43. The molecule has 3 rings (SSSR count). The lowest BCUT2D eigenvalue weighted by atomic mass is 10.0. The van der Waals surface area contributed by atoms with Crippen molar-refractivity contribution in [1.29, 1.82) is 0 Å². The van der Waals surface area contributed by atoms with Gasteiger partial charge in [-0.2, -0.15) is 0 Å². The maximum Gasteiger partial charge on any atom is 0.231 e. The number of benzene rings is 1. The highest BCUT2D eigenvalue weighted by Crippen LogP contribution is 2.39. The van der Waals surface area contributed by atoms with Gasteiger partial charge in [-0.15, -0.1) is 0 Å². The highest BCUT2D eigenvalue weighted by molar-refractivity contribution is 5.52. The first-order chi connectivity index (χ1) is 6.45. The Morgan fingerprint density at radius 2 is 2.15 bits per heavy atom. The Kier molecular flexibility index (Phi) is 1.46. The van der Waals surface area contributed by atoms with Crippen molar-refractivity contribution in [2.45, 2.75) is 13.0 Å². The minimum atomic E-state index is 0.339. The summed E-state index contributed by atoms with van der Waals surface area (Å²) in [6, 6.07) is 4.08. The van der Waals surface area contributed by atoms with E-state index in [0.717, 1.165) is 24.5 Å². The number of fused-ring (bicyclic) bond motifs is 3. The average Bonchev–Trinajstić information content (AvgIpc) is 2.65. The molecule has 0 radical (unpaired) electrons. The van der Waals surface area contributed by atoms with Crippen molar-refractivity contribution < 1.29 is 14.2 Å². The summed E-state index contributed by atoms with van der Waals surface area (Å²) in [4.78, 5) is 0. The quantitative estimate of drug-likeness (QED) is 0.602. The van der Waals surface area contributed by atoms with Crippen molar-refractivity contribution in [1.82, 2.24) is 0 Å². The third-order valence-electron chi connectivity index (χ3n) is 2.50. The van der Waals surface area contributed by atoms with Crippen LogP contribution < -0.4 is 9.47 Å². The van der Waals surface area contributed by atoms with Gasteiger partial charge in [0.05, 0.1) is 13.2 Å². The van der Waals surface area contributed by atoms with E-state index in [1.54, 1.807) is 0 Å². The van der Waals surface area contributed by atoms with Gasteiger partial charge in [-0.25, -0.2) is 0 Å². The number of hydrogen-bond donors (Lipinski definition) is 0. The van der Waals surface area contributed by atoms with Gasteiger partial charge < -0.3 is 14.2 Å². The molecule has 0 atom stereocenters. The number of ether oxygens (including phenoxy) is 3. The van der Waals surface area contributed by atoms with Crippen LogP contribution in [0.25, 0.3) is 0 Å². The molecule has 0 bridgehead atoms. The van der Waals surface area contributed by atoms with E-state index in [2.05, 4.69) is 6.07 Å². The van der Waals surface area contributed by atoms with Crippen molar-refractivity contribution in [2.24, 2.45) is 0 Å². The lowest BCUT2D eigenvalue weighted by Gasteiger charge is -2.17. The van der Waals surface area contributed by atoms with Gasteiger partial charge in [0.25, 0.3) is 0 Å². The van der Waals surface area contributed by atoms with Crippen LogP contribution in [0.5, 0.6) is 11.5 Å². The molecule has 1 aromatic carbocycles. The highest BCUT2D eigenvalue weighted by Gasteiger charge is 2.22. The zero-order chi connectivity index (χ0) is 8.67. The third-order valence-corrected chi connectivity index (χ3v) is 2.50. The van der Waals surface area contributed by atoms with Crippen LogP contribution in [0.3, 0.4) is 0 Å². The van der Waals surface area contributed by atoms with E-state index in [9.17, 15) is 0 Å². The second kappa shape index (κ2) is 2.64. The fraction of sp³-hybridized carbons (Fsp3) is 0.400. The van der Waals surface area contributed by atoms with Crippen LogP contribution in [0.2, 0.25) is 0 Å². The van der Waals surface area contributed by atoms with Gasteiger partial charge in [0, 0.05) is 5.56 Å². The van der Waals surface area contributed by atoms with Gasteiger partial charge >= 0.3 is 0 Å². The summed E-state index contributed by atoms with van der Waals surface area (Å²) in [5, 5.41) is 0. The van der Waals surface area contributed by atoms with Crippen molar-refractivity contribution in [3.63, 3.8) is 0 Å². The summed E-state index contributed by atoms with van der Waals surface area (Å²) in [5.41, 5.74) is 2.50.